The van der Waals surface area contributed by atoms with Gasteiger partial charge in [-0.25, -0.2) is 9.78 Å². The van der Waals surface area contributed by atoms with Gasteiger partial charge in [-0.3, -0.25) is 29.2 Å². The number of carboxylic acid groups (broad SMARTS) is 1. The predicted molar refractivity (Wildman–Crippen MR) is 197 cm³/mol. The van der Waals surface area contributed by atoms with Crippen LogP contribution in [0.4, 0.5) is 0 Å². The number of aliphatic imine (C=N–C) groups is 2. The number of nitrogens with zero attached hydrogens (tertiary/aromatic N) is 3. The molecule has 1 saturated carbocycles. The van der Waals surface area contributed by atoms with E-state index in [0.29, 0.717) is 24.1 Å². The van der Waals surface area contributed by atoms with Crippen molar-refractivity contribution in [2.75, 3.05) is 13.1 Å². The van der Waals surface area contributed by atoms with Crippen molar-refractivity contribution in [3.05, 3.63) is 54.1 Å². The molecule has 2 unspecified atom stereocenters. The molecule has 3 rings (SSSR count). The number of amides is 4. The van der Waals surface area contributed by atoms with Crippen molar-refractivity contribution >= 4 is 41.5 Å². The maximum Gasteiger partial charge on any atom is 0.326 e. The molecule has 1 aliphatic rings. The van der Waals surface area contributed by atoms with Crippen LogP contribution in [0, 0.1) is 11.8 Å². The maximum absolute atomic E-state index is 14.1. The Morgan fingerprint density at radius 1 is 0.868 bits per heavy atom. The van der Waals surface area contributed by atoms with E-state index >= 15 is 0 Å². The van der Waals surface area contributed by atoms with E-state index < -0.39 is 59.3 Å². The maximum atomic E-state index is 14.1. The number of rotatable bonds is 22. The summed E-state index contributed by atoms with van der Waals surface area (Å²) in [4.78, 5) is 81.6. The topological polar surface area (TPSA) is 337 Å². The lowest BCUT2D eigenvalue weighted by Gasteiger charge is -2.27. The van der Waals surface area contributed by atoms with E-state index in [4.69, 9.17) is 28.7 Å². The largest absolute Gasteiger partial charge is 0.480 e. The number of benzene rings is 1. The molecule has 6 atom stereocenters. The van der Waals surface area contributed by atoms with Crippen molar-refractivity contribution in [3.63, 3.8) is 0 Å². The summed E-state index contributed by atoms with van der Waals surface area (Å²) in [5.41, 5.74) is 27.7. The number of aliphatic carboxylic acids is 1. The first-order valence-corrected chi connectivity index (χ1v) is 17.5. The van der Waals surface area contributed by atoms with Gasteiger partial charge in [0.2, 0.25) is 23.6 Å². The van der Waals surface area contributed by atoms with Crippen molar-refractivity contribution in [1.82, 2.24) is 31.2 Å². The molecule has 0 saturated heterocycles. The molecule has 0 bridgehead atoms. The van der Waals surface area contributed by atoms with Gasteiger partial charge in [-0.15, -0.1) is 0 Å². The van der Waals surface area contributed by atoms with Crippen LogP contribution in [-0.4, -0.2) is 99.4 Å². The highest BCUT2D eigenvalue weighted by atomic mass is 16.4. The van der Waals surface area contributed by atoms with Gasteiger partial charge in [-0.05, 0) is 49.5 Å². The van der Waals surface area contributed by atoms with Gasteiger partial charge in [0.1, 0.15) is 23.7 Å². The first-order valence-electron chi connectivity index (χ1n) is 17.5. The molecule has 1 fully saturated rings. The number of carbonyl (C=O) groups is 5. The summed E-state index contributed by atoms with van der Waals surface area (Å²) in [6.07, 6.45) is 4.11. The van der Waals surface area contributed by atoms with Crippen LogP contribution in [-0.2, 0) is 36.8 Å². The molecule has 0 spiro atoms. The molecule has 1 heterocycles. The SMILES string of the molecule is CC(C)C1CC1(NC(=O)[C@@H](N)CCCN=C(N)N)C(=O)N[C@@H](CCCN=C(N)N)C(=O)N[C@@H](Cc1ccccc1)C(=O)N[C@@H](Cc1cnc[nH]1)C(=O)O. The minimum Gasteiger partial charge on any atom is -0.480 e. The fourth-order valence-corrected chi connectivity index (χ4v) is 6.00. The molecule has 1 aromatic carbocycles. The minimum absolute atomic E-state index is 0.00354. The molecule has 0 aliphatic heterocycles. The number of H-pyrrole nitrogens is 1. The summed E-state index contributed by atoms with van der Waals surface area (Å²) in [5.74, 6) is -4.34. The number of aromatic amines is 1. The Balaban J connectivity index is 1.83. The number of aromatic nitrogens is 2. The third-order valence-corrected chi connectivity index (χ3v) is 8.95. The number of hydrogen-bond acceptors (Lipinski definition) is 9. The Morgan fingerprint density at radius 2 is 1.47 bits per heavy atom. The molecule has 1 aromatic heterocycles. The summed E-state index contributed by atoms with van der Waals surface area (Å²) in [6.45, 7) is 4.27. The van der Waals surface area contributed by atoms with Gasteiger partial charge in [0, 0.05) is 37.8 Å². The molecule has 1 aliphatic carbocycles. The Bertz CT molecular complexity index is 1590. The van der Waals surface area contributed by atoms with E-state index in [-0.39, 0.29) is 68.9 Å². The summed E-state index contributed by atoms with van der Waals surface area (Å²) in [7, 11) is 0. The van der Waals surface area contributed by atoms with Gasteiger partial charge in [0.25, 0.3) is 0 Å². The van der Waals surface area contributed by atoms with Crippen LogP contribution in [0.2, 0.25) is 0 Å². The highest BCUT2D eigenvalue weighted by molar-refractivity contribution is 5.99. The molecule has 16 N–H and O–H groups in total. The Morgan fingerprint density at radius 3 is 2.02 bits per heavy atom. The molecule has 19 heteroatoms. The average molecular weight is 740 g/mol. The highest BCUT2D eigenvalue weighted by Crippen LogP contribution is 2.48. The van der Waals surface area contributed by atoms with Crippen molar-refractivity contribution < 1.29 is 29.1 Å². The van der Waals surface area contributed by atoms with E-state index in [1.165, 1.54) is 12.5 Å². The summed E-state index contributed by atoms with van der Waals surface area (Å²) < 4.78 is 0. The van der Waals surface area contributed by atoms with Crippen molar-refractivity contribution in [3.8, 4) is 0 Å². The second kappa shape index (κ2) is 19.8. The zero-order chi connectivity index (χ0) is 39.1. The lowest BCUT2D eigenvalue weighted by Crippen LogP contribution is -2.60. The summed E-state index contributed by atoms with van der Waals surface area (Å²) >= 11 is 0. The Kier molecular flexibility index (Phi) is 15.6. The van der Waals surface area contributed by atoms with Gasteiger partial charge < -0.3 is 60.0 Å². The summed E-state index contributed by atoms with van der Waals surface area (Å²) in [6, 6.07) is 4.14. The monoisotopic (exact) mass is 739 g/mol. The third kappa shape index (κ3) is 13.1. The Hall–Kier alpha value is -5.72. The standard InChI is InChI=1S/C34H53N13O6/c1-19(2)22-16-34(22,47-27(48)23(35)10-6-12-41-32(36)37)31(53)46-24(11-7-13-42-33(38)39)28(49)44-25(14-20-8-4-3-5-9-20)29(50)45-26(30(51)52)15-21-17-40-18-43-21/h3-5,8-9,17-19,22-26H,6-7,10-16,35H2,1-2H3,(H,40,43)(H,44,49)(H,45,50)(H,46,53)(H,47,48)(H,51,52)(H4,36,37,41)(H4,38,39,42)/t22?,23-,24-,25-,26-,34?/m0/s1. The first-order chi connectivity index (χ1) is 25.1. The molecule has 53 heavy (non-hydrogen) atoms. The van der Waals surface area contributed by atoms with E-state index in [1.54, 1.807) is 30.3 Å². The van der Waals surface area contributed by atoms with Crippen molar-refractivity contribution in [1.29, 1.82) is 0 Å². The van der Waals surface area contributed by atoms with Crippen LogP contribution in [0.1, 0.15) is 57.2 Å². The number of carboxylic acids is 1. The molecular weight excluding hydrogens is 686 g/mol. The quantitative estimate of drug-likeness (QED) is 0.0345. The van der Waals surface area contributed by atoms with Gasteiger partial charge in [-0.1, -0.05) is 44.2 Å². The van der Waals surface area contributed by atoms with E-state index in [2.05, 4.69) is 41.2 Å². The zero-order valence-corrected chi connectivity index (χ0v) is 30.1. The molecular formula is C34H53N13O6. The van der Waals surface area contributed by atoms with E-state index in [1.807, 2.05) is 13.8 Å². The molecule has 19 nitrogen and oxygen atoms in total. The van der Waals surface area contributed by atoms with E-state index in [0.717, 1.165) is 0 Å². The van der Waals surface area contributed by atoms with Crippen molar-refractivity contribution in [2.45, 2.75) is 88.5 Å². The zero-order valence-electron chi connectivity index (χ0n) is 30.1. The number of imidazole rings is 1. The van der Waals surface area contributed by atoms with Crippen LogP contribution in [0.15, 0.2) is 52.8 Å². The van der Waals surface area contributed by atoms with Crippen LogP contribution < -0.4 is 49.9 Å². The van der Waals surface area contributed by atoms with Crippen LogP contribution in [0.25, 0.3) is 0 Å². The fourth-order valence-electron chi connectivity index (χ4n) is 6.00. The number of nitrogens with one attached hydrogen (secondary N) is 5. The molecule has 0 radical (unpaired) electrons. The van der Waals surface area contributed by atoms with Gasteiger partial charge >= 0.3 is 5.97 Å². The normalized spacial score (nSPS) is 18.4. The lowest BCUT2D eigenvalue weighted by atomic mass is 10.0. The van der Waals surface area contributed by atoms with Crippen LogP contribution in [0.3, 0.4) is 0 Å². The first kappa shape index (κ1) is 41.7. The molecule has 2 aromatic rings. The highest BCUT2D eigenvalue weighted by Gasteiger charge is 2.62. The third-order valence-electron chi connectivity index (χ3n) is 8.95. The predicted octanol–water partition coefficient (Wildman–Crippen LogP) is -2.30. The van der Waals surface area contributed by atoms with Gasteiger partial charge in [0.15, 0.2) is 11.9 Å². The lowest BCUT2D eigenvalue weighted by molar-refractivity contribution is -0.142. The smallest absolute Gasteiger partial charge is 0.326 e. The fraction of sp³-hybridized carbons (Fsp3) is 0.529. The average Bonchev–Trinajstić information content (AvgIpc) is 3.61. The van der Waals surface area contributed by atoms with Crippen molar-refractivity contribution in [2.24, 2.45) is 50.5 Å². The summed E-state index contributed by atoms with van der Waals surface area (Å²) in [5, 5.41) is 20.8. The minimum atomic E-state index is -1.34. The molecule has 290 valence electrons. The van der Waals surface area contributed by atoms with Crippen LogP contribution in [0.5, 0.6) is 0 Å². The second-order valence-corrected chi connectivity index (χ2v) is 13.5. The Labute approximate surface area is 307 Å². The van der Waals surface area contributed by atoms with Crippen LogP contribution >= 0.6 is 0 Å². The molecule has 4 amide bonds. The van der Waals surface area contributed by atoms with E-state index in [9.17, 15) is 29.1 Å². The number of guanidine groups is 2. The number of nitrogens with two attached hydrogens (primary N) is 5. The second-order valence-electron chi connectivity index (χ2n) is 13.5. The number of carbonyl (C=O) groups excluding carboxylic acids is 4. The number of hydrogen-bond donors (Lipinski definition) is 11. The van der Waals surface area contributed by atoms with Gasteiger partial charge in [0.05, 0.1) is 12.4 Å². The van der Waals surface area contributed by atoms with Gasteiger partial charge in [-0.2, -0.15) is 0 Å².